The summed E-state index contributed by atoms with van der Waals surface area (Å²) in [5, 5.41) is 1.62. The molecule has 0 radical (unpaired) electrons. The molecule has 0 saturated carbocycles. The van der Waals surface area contributed by atoms with E-state index in [9.17, 15) is 22.8 Å². The highest BCUT2D eigenvalue weighted by Gasteiger charge is 2.35. The minimum atomic E-state index is -4.70. The van der Waals surface area contributed by atoms with Crippen LogP contribution in [0.25, 0.3) is 0 Å². The average molecular weight is 372 g/mol. The molecule has 132 valence electrons. The zero-order valence-corrected chi connectivity index (χ0v) is 13.7. The molecule has 0 saturated heterocycles. The summed E-state index contributed by atoms with van der Waals surface area (Å²) in [4.78, 5) is 24.3. The Kier molecular flexibility index (Phi) is 5.69. The van der Waals surface area contributed by atoms with Crippen LogP contribution in [0.3, 0.4) is 0 Å². The number of rotatable bonds is 4. The second-order valence-electron chi connectivity index (χ2n) is 5.01. The lowest BCUT2D eigenvalue weighted by Crippen LogP contribution is -2.34. The highest BCUT2D eigenvalue weighted by atomic mass is 35.5. The Bertz CT molecular complexity index is 778. The Morgan fingerprint density at radius 1 is 1.08 bits per heavy atom. The van der Waals surface area contributed by atoms with Gasteiger partial charge in [-0.05, 0) is 17.7 Å². The summed E-state index contributed by atoms with van der Waals surface area (Å²) in [6.45, 7) is 0. The number of ether oxygens (including phenoxy) is 1. The quantitative estimate of drug-likeness (QED) is 0.826. The summed E-state index contributed by atoms with van der Waals surface area (Å²) in [7, 11) is 1.14. The van der Waals surface area contributed by atoms with E-state index in [0.29, 0.717) is 5.56 Å². The Hall–Kier alpha value is -2.54. The molecule has 25 heavy (non-hydrogen) atoms. The summed E-state index contributed by atoms with van der Waals surface area (Å²) < 4.78 is 43.4. The lowest BCUT2D eigenvalue weighted by atomic mass is 10.1. The van der Waals surface area contributed by atoms with Crippen LogP contribution in [0.15, 0.2) is 48.5 Å². The van der Waals surface area contributed by atoms with Crippen molar-refractivity contribution in [1.29, 1.82) is 0 Å². The molecule has 0 heterocycles. The maximum absolute atomic E-state index is 12.9. The van der Waals surface area contributed by atoms with Crippen LogP contribution >= 0.6 is 11.6 Å². The standard InChI is InChI=1S/C17H13ClF3NO3/c1-25-16(24)14(10-6-3-2-4-7-10)22-15(23)11-8-5-9-12(13(11)18)17(19,20)21/h2-9,14H,1H3,(H,22,23)/t14-/m0/s1. The molecule has 0 aliphatic rings. The largest absolute Gasteiger partial charge is 0.467 e. The molecule has 0 fully saturated rings. The highest BCUT2D eigenvalue weighted by molar-refractivity contribution is 6.34. The van der Waals surface area contributed by atoms with Gasteiger partial charge >= 0.3 is 12.1 Å². The predicted molar refractivity (Wildman–Crippen MR) is 85.1 cm³/mol. The molecule has 0 bridgehead atoms. The van der Waals surface area contributed by atoms with E-state index >= 15 is 0 Å². The smallest absolute Gasteiger partial charge is 0.417 e. The number of amides is 1. The van der Waals surface area contributed by atoms with Gasteiger partial charge in [-0.1, -0.05) is 48.0 Å². The van der Waals surface area contributed by atoms with Crippen LogP contribution in [0.4, 0.5) is 13.2 Å². The molecular weight excluding hydrogens is 359 g/mol. The van der Waals surface area contributed by atoms with Crippen LogP contribution < -0.4 is 5.32 Å². The maximum Gasteiger partial charge on any atom is 0.417 e. The molecule has 4 nitrogen and oxygen atoms in total. The molecule has 2 aromatic rings. The Morgan fingerprint density at radius 3 is 2.28 bits per heavy atom. The van der Waals surface area contributed by atoms with Crippen molar-refractivity contribution in [1.82, 2.24) is 5.32 Å². The molecule has 8 heteroatoms. The van der Waals surface area contributed by atoms with E-state index in [0.717, 1.165) is 25.3 Å². The zero-order valence-electron chi connectivity index (χ0n) is 12.9. The summed E-state index contributed by atoms with van der Waals surface area (Å²) in [6, 6.07) is 9.97. The summed E-state index contributed by atoms with van der Waals surface area (Å²) in [6.07, 6.45) is -4.70. The molecule has 1 atom stereocenters. The third-order valence-electron chi connectivity index (χ3n) is 3.39. The van der Waals surface area contributed by atoms with E-state index in [1.54, 1.807) is 30.3 Å². The van der Waals surface area contributed by atoms with Crippen molar-refractivity contribution in [2.45, 2.75) is 12.2 Å². The fourth-order valence-electron chi connectivity index (χ4n) is 2.18. The normalized spacial score (nSPS) is 12.4. The van der Waals surface area contributed by atoms with Crippen molar-refractivity contribution in [3.05, 3.63) is 70.2 Å². The van der Waals surface area contributed by atoms with E-state index in [1.807, 2.05) is 0 Å². The first-order chi connectivity index (χ1) is 11.8. The number of hydrogen-bond donors (Lipinski definition) is 1. The van der Waals surface area contributed by atoms with Crippen LogP contribution in [0.2, 0.25) is 5.02 Å². The Morgan fingerprint density at radius 2 is 1.72 bits per heavy atom. The average Bonchev–Trinajstić information content (AvgIpc) is 2.58. The van der Waals surface area contributed by atoms with Gasteiger partial charge in [-0.2, -0.15) is 13.2 Å². The molecular formula is C17H13ClF3NO3. The number of halogens is 4. The van der Waals surface area contributed by atoms with Gasteiger partial charge in [0.05, 0.1) is 23.3 Å². The van der Waals surface area contributed by atoms with Gasteiger partial charge in [0.1, 0.15) is 0 Å². The lowest BCUT2D eigenvalue weighted by Gasteiger charge is -2.18. The van der Waals surface area contributed by atoms with Gasteiger partial charge in [-0.3, -0.25) is 4.79 Å². The van der Waals surface area contributed by atoms with Crippen LogP contribution in [0, 0.1) is 0 Å². The molecule has 1 amide bonds. The third kappa shape index (κ3) is 4.30. The monoisotopic (exact) mass is 371 g/mol. The number of carbonyl (C=O) groups excluding carboxylic acids is 2. The molecule has 0 aliphatic heterocycles. The molecule has 0 aliphatic carbocycles. The van der Waals surface area contributed by atoms with Gasteiger partial charge in [0.15, 0.2) is 6.04 Å². The van der Waals surface area contributed by atoms with E-state index in [-0.39, 0.29) is 5.56 Å². The van der Waals surface area contributed by atoms with Crippen LogP contribution in [0.1, 0.15) is 27.5 Å². The van der Waals surface area contributed by atoms with E-state index in [4.69, 9.17) is 11.6 Å². The third-order valence-corrected chi connectivity index (χ3v) is 3.80. The van der Waals surface area contributed by atoms with Crippen molar-refractivity contribution in [2.24, 2.45) is 0 Å². The number of hydrogen-bond acceptors (Lipinski definition) is 3. The topological polar surface area (TPSA) is 55.4 Å². The van der Waals surface area contributed by atoms with E-state index < -0.39 is 34.7 Å². The Labute approximate surface area is 146 Å². The SMILES string of the molecule is COC(=O)[C@@H](NC(=O)c1cccc(C(F)(F)F)c1Cl)c1ccccc1. The van der Waals surface area contributed by atoms with Crippen molar-refractivity contribution in [3.8, 4) is 0 Å². The number of alkyl halides is 3. The van der Waals surface area contributed by atoms with Crippen molar-refractivity contribution >= 4 is 23.5 Å². The van der Waals surface area contributed by atoms with Crippen molar-refractivity contribution < 1.29 is 27.5 Å². The van der Waals surface area contributed by atoms with Gasteiger partial charge in [-0.15, -0.1) is 0 Å². The number of esters is 1. The first-order valence-corrected chi connectivity index (χ1v) is 7.43. The van der Waals surface area contributed by atoms with Crippen LogP contribution in [-0.2, 0) is 15.7 Å². The second kappa shape index (κ2) is 7.57. The molecule has 1 N–H and O–H groups in total. The molecule has 2 aromatic carbocycles. The zero-order chi connectivity index (χ0) is 18.6. The predicted octanol–water partition coefficient (Wildman–Crippen LogP) is 4.00. The minimum absolute atomic E-state index is 0.388. The van der Waals surface area contributed by atoms with Gasteiger partial charge in [0, 0.05) is 0 Å². The number of methoxy groups -OCH3 is 1. The highest BCUT2D eigenvalue weighted by Crippen LogP contribution is 2.36. The van der Waals surface area contributed by atoms with E-state index in [1.165, 1.54) is 0 Å². The van der Waals surface area contributed by atoms with Gasteiger partial charge in [0.2, 0.25) is 0 Å². The molecule has 0 aromatic heterocycles. The summed E-state index contributed by atoms with van der Waals surface area (Å²) in [5.41, 5.74) is -1.09. The van der Waals surface area contributed by atoms with Crippen molar-refractivity contribution in [2.75, 3.05) is 7.11 Å². The molecule has 0 unspecified atom stereocenters. The summed E-state index contributed by atoms with van der Waals surface area (Å²) in [5.74, 6) is -1.68. The van der Waals surface area contributed by atoms with Crippen molar-refractivity contribution in [3.63, 3.8) is 0 Å². The summed E-state index contributed by atoms with van der Waals surface area (Å²) >= 11 is 5.73. The second-order valence-corrected chi connectivity index (χ2v) is 5.38. The van der Waals surface area contributed by atoms with Gasteiger partial charge in [-0.25, -0.2) is 4.79 Å². The Balaban J connectivity index is 2.35. The minimum Gasteiger partial charge on any atom is -0.467 e. The lowest BCUT2D eigenvalue weighted by molar-refractivity contribution is -0.143. The van der Waals surface area contributed by atoms with Crippen LogP contribution in [-0.4, -0.2) is 19.0 Å². The number of carbonyl (C=O) groups is 2. The maximum atomic E-state index is 12.9. The van der Waals surface area contributed by atoms with Gasteiger partial charge < -0.3 is 10.1 Å². The molecule has 2 rings (SSSR count). The van der Waals surface area contributed by atoms with Gasteiger partial charge in [0.25, 0.3) is 5.91 Å². The number of nitrogens with one attached hydrogen (secondary N) is 1. The molecule has 0 spiro atoms. The fraction of sp³-hybridized carbons (Fsp3) is 0.176. The van der Waals surface area contributed by atoms with E-state index in [2.05, 4.69) is 10.1 Å². The fourth-order valence-corrected chi connectivity index (χ4v) is 2.50. The first kappa shape index (κ1) is 18.8. The number of benzene rings is 2. The van der Waals surface area contributed by atoms with Crippen LogP contribution in [0.5, 0.6) is 0 Å². The first-order valence-electron chi connectivity index (χ1n) is 7.05.